The first-order valence-electron chi connectivity index (χ1n) is 9.03. The van der Waals surface area contributed by atoms with Gasteiger partial charge in [-0.2, -0.15) is 0 Å². The molecule has 0 aliphatic carbocycles. The molecule has 1 aliphatic rings. The molecular formula is C24H22O2. The summed E-state index contributed by atoms with van der Waals surface area (Å²) in [6.45, 7) is 4.77. The lowest BCUT2D eigenvalue weighted by Crippen LogP contribution is -2.10. The fraction of sp³-hybridized carbons (Fsp3) is 0.167. The minimum atomic E-state index is 0.183. The van der Waals surface area contributed by atoms with Crippen molar-refractivity contribution in [2.75, 3.05) is 6.61 Å². The smallest absolute Gasteiger partial charge is 0.131 e. The van der Waals surface area contributed by atoms with Gasteiger partial charge in [-0.05, 0) is 55.8 Å². The molecule has 0 aromatic heterocycles. The highest BCUT2D eigenvalue weighted by molar-refractivity contribution is 5.68. The minimum Gasteiger partial charge on any atom is -0.494 e. The lowest BCUT2D eigenvalue weighted by molar-refractivity contribution is 0.340. The molecule has 4 rings (SSSR count). The predicted molar refractivity (Wildman–Crippen MR) is 106 cm³/mol. The SMILES string of the molecule is CCOc1ccc(C2=CC(c3ccc(C)cc3)c3ccccc3O2)cc1. The third kappa shape index (κ3) is 3.23. The highest BCUT2D eigenvalue weighted by Crippen LogP contribution is 2.40. The Balaban J connectivity index is 1.75. The topological polar surface area (TPSA) is 18.5 Å². The molecule has 3 aromatic rings. The summed E-state index contributed by atoms with van der Waals surface area (Å²) in [7, 11) is 0. The largest absolute Gasteiger partial charge is 0.494 e. The van der Waals surface area contributed by atoms with Gasteiger partial charge in [-0.15, -0.1) is 0 Å². The molecule has 1 atom stereocenters. The standard InChI is InChI=1S/C24H22O2/c1-3-25-20-14-12-19(13-15-20)24-16-22(18-10-8-17(2)9-11-18)21-6-4-5-7-23(21)26-24/h4-16,22H,3H2,1-2H3. The number of para-hydroxylation sites is 1. The van der Waals surface area contributed by atoms with E-state index in [0.717, 1.165) is 22.8 Å². The van der Waals surface area contributed by atoms with E-state index in [4.69, 9.17) is 9.47 Å². The van der Waals surface area contributed by atoms with Crippen molar-refractivity contribution in [1.82, 2.24) is 0 Å². The monoisotopic (exact) mass is 342 g/mol. The van der Waals surface area contributed by atoms with E-state index in [9.17, 15) is 0 Å². The molecule has 0 amide bonds. The molecule has 0 saturated heterocycles. The Kier molecular flexibility index (Phi) is 4.49. The van der Waals surface area contributed by atoms with E-state index in [1.807, 2.05) is 31.2 Å². The number of fused-ring (bicyclic) bond motifs is 1. The molecular weight excluding hydrogens is 320 g/mol. The van der Waals surface area contributed by atoms with Crippen molar-refractivity contribution in [3.63, 3.8) is 0 Å². The van der Waals surface area contributed by atoms with Crippen LogP contribution in [0, 0.1) is 6.92 Å². The van der Waals surface area contributed by atoms with E-state index in [1.54, 1.807) is 0 Å². The Morgan fingerprint density at radius 1 is 0.885 bits per heavy atom. The first kappa shape index (κ1) is 16.5. The molecule has 1 aliphatic heterocycles. The second kappa shape index (κ2) is 7.09. The van der Waals surface area contributed by atoms with Crippen LogP contribution in [0.15, 0.2) is 78.9 Å². The maximum atomic E-state index is 6.21. The number of ether oxygens (including phenoxy) is 2. The number of allylic oxidation sites excluding steroid dienone is 1. The Labute approximate surface area is 154 Å². The van der Waals surface area contributed by atoms with Crippen LogP contribution in [0.1, 0.15) is 35.1 Å². The summed E-state index contributed by atoms with van der Waals surface area (Å²) < 4.78 is 11.8. The molecule has 26 heavy (non-hydrogen) atoms. The Morgan fingerprint density at radius 2 is 1.62 bits per heavy atom. The van der Waals surface area contributed by atoms with Crippen LogP contribution in [-0.2, 0) is 0 Å². The van der Waals surface area contributed by atoms with Crippen LogP contribution < -0.4 is 9.47 Å². The number of benzene rings is 3. The first-order chi connectivity index (χ1) is 12.7. The summed E-state index contributed by atoms with van der Waals surface area (Å²) in [5.74, 6) is 2.87. The molecule has 0 radical (unpaired) electrons. The van der Waals surface area contributed by atoms with Gasteiger partial charge in [0.15, 0.2) is 0 Å². The third-order valence-electron chi connectivity index (χ3n) is 4.68. The summed E-state index contributed by atoms with van der Waals surface area (Å²) in [4.78, 5) is 0. The Bertz CT molecular complexity index is 921. The Hall–Kier alpha value is -3.00. The molecule has 1 unspecified atom stereocenters. The van der Waals surface area contributed by atoms with Crippen molar-refractivity contribution in [3.8, 4) is 11.5 Å². The summed E-state index contributed by atoms with van der Waals surface area (Å²) in [6, 6.07) is 25.1. The zero-order valence-corrected chi connectivity index (χ0v) is 15.1. The summed E-state index contributed by atoms with van der Waals surface area (Å²) >= 11 is 0. The zero-order chi connectivity index (χ0) is 17.9. The van der Waals surface area contributed by atoms with E-state index in [0.29, 0.717) is 6.61 Å². The molecule has 0 N–H and O–H groups in total. The molecule has 130 valence electrons. The van der Waals surface area contributed by atoms with Crippen molar-refractivity contribution in [1.29, 1.82) is 0 Å². The normalized spacial score (nSPS) is 15.6. The van der Waals surface area contributed by atoms with Crippen molar-refractivity contribution in [3.05, 3.63) is 101 Å². The average Bonchev–Trinajstić information content (AvgIpc) is 2.69. The van der Waals surface area contributed by atoms with Crippen molar-refractivity contribution >= 4 is 5.76 Å². The van der Waals surface area contributed by atoms with Crippen LogP contribution in [0.25, 0.3) is 5.76 Å². The van der Waals surface area contributed by atoms with E-state index in [1.165, 1.54) is 16.7 Å². The predicted octanol–water partition coefficient (Wildman–Crippen LogP) is 5.96. The van der Waals surface area contributed by atoms with Gasteiger partial charge in [-0.3, -0.25) is 0 Å². The highest BCUT2D eigenvalue weighted by atomic mass is 16.5. The van der Waals surface area contributed by atoms with Crippen molar-refractivity contribution in [2.24, 2.45) is 0 Å². The van der Waals surface area contributed by atoms with Gasteiger partial charge in [0.05, 0.1) is 6.61 Å². The lowest BCUT2D eigenvalue weighted by Gasteiger charge is -2.25. The summed E-state index contributed by atoms with van der Waals surface area (Å²) in [5, 5.41) is 0. The molecule has 2 heteroatoms. The number of hydrogen-bond donors (Lipinski definition) is 0. The second-order valence-electron chi connectivity index (χ2n) is 6.52. The minimum absolute atomic E-state index is 0.183. The van der Waals surface area contributed by atoms with Gasteiger partial charge in [-0.1, -0.05) is 48.0 Å². The highest BCUT2D eigenvalue weighted by Gasteiger charge is 2.23. The van der Waals surface area contributed by atoms with Gasteiger partial charge in [0, 0.05) is 17.0 Å². The number of hydrogen-bond acceptors (Lipinski definition) is 2. The fourth-order valence-corrected chi connectivity index (χ4v) is 3.31. The van der Waals surface area contributed by atoms with Crippen molar-refractivity contribution < 1.29 is 9.47 Å². The van der Waals surface area contributed by atoms with E-state index >= 15 is 0 Å². The van der Waals surface area contributed by atoms with Gasteiger partial charge in [0.25, 0.3) is 0 Å². The molecule has 0 spiro atoms. The molecule has 1 heterocycles. The van der Waals surface area contributed by atoms with Crippen LogP contribution in [0.3, 0.4) is 0 Å². The van der Waals surface area contributed by atoms with Gasteiger partial charge in [0.2, 0.25) is 0 Å². The van der Waals surface area contributed by atoms with E-state index in [-0.39, 0.29) is 5.92 Å². The number of rotatable bonds is 4. The average molecular weight is 342 g/mol. The first-order valence-corrected chi connectivity index (χ1v) is 9.03. The maximum absolute atomic E-state index is 6.21. The second-order valence-corrected chi connectivity index (χ2v) is 6.52. The summed E-state index contributed by atoms with van der Waals surface area (Å²) in [5.41, 5.74) is 4.80. The van der Waals surface area contributed by atoms with E-state index in [2.05, 4.69) is 61.5 Å². The van der Waals surface area contributed by atoms with Gasteiger partial charge < -0.3 is 9.47 Å². The molecule has 3 aromatic carbocycles. The van der Waals surface area contributed by atoms with Gasteiger partial charge in [0.1, 0.15) is 17.3 Å². The quantitative estimate of drug-likeness (QED) is 0.582. The van der Waals surface area contributed by atoms with Gasteiger partial charge in [-0.25, -0.2) is 0 Å². The summed E-state index contributed by atoms with van der Waals surface area (Å²) in [6.07, 6.45) is 2.21. The van der Waals surface area contributed by atoms with Crippen LogP contribution in [-0.4, -0.2) is 6.61 Å². The number of aryl methyl sites for hydroxylation is 1. The molecule has 2 nitrogen and oxygen atoms in total. The van der Waals surface area contributed by atoms with Gasteiger partial charge >= 0.3 is 0 Å². The van der Waals surface area contributed by atoms with Crippen molar-refractivity contribution in [2.45, 2.75) is 19.8 Å². The lowest BCUT2D eigenvalue weighted by atomic mass is 9.87. The van der Waals surface area contributed by atoms with E-state index < -0.39 is 0 Å². The van der Waals surface area contributed by atoms with Crippen LogP contribution in [0.4, 0.5) is 0 Å². The zero-order valence-electron chi connectivity index (χ0n) is 15.1. The van der Waals surface area contributed by atoms with Crippen LogP contribution in [0.5, 0.6) is 11.5 Å². The van der Waals surface area contributed by atoms with Crippen LogP contribution in [0.2, 0.25) is 0 Å². The third-order valence-corrected chi connectivity index (χ3v) is 4.68. The molecule has 0 saturated carbocycles. The molecule has 0 fully saturated rings. The Morgan fingerprint density at radius 3 is 2.35 bits per heavy atom. The molecule has 0 bridgehead atoms. The fourth-order valence-electron chi connectivity index (χ4n) is 3.31. The maximum Gasteiger partial charge on any atom is 0.131 e. The van der Waals surface area contributed by atoms with Crippen LogP contribution >= 0.6 is 0 Å².